The van der Waals surface area contributed by atoms with Gasteiger partial charge in [-0.1, -0.05) is 35.0 Å². The van der Waals surface area contributed by atoms with Crippen LogP contribution in [0.3, 0.4) is 0 Å². The summed E-state index contributed by atoms with van der Waals surface area (Å²) in [6, 6.07) is 7.99. The molecule has 9 heteroatoms. The van der Waals surface area contributed by atoms with Gasteiger partial charge in [0.1, 0.15) is 5.69 Å². The van der Waals surface area contributed by atoms with Crippen molar-refractivity contribution in [2.75, 3.05) is 33.3 Å². The Hall–Kier alpha value is -3.46. The number of carbonyl (C=O) groups excluding carboxylic acids is 2. The molecule has 1 aliphatic rings. The summed E-state index contributed by atoms with van der Waals surface area (Å²) >= 11 is 0. The smallest absolute Gasteiger partial charge is 0.339 e. The second-order valence-electron chi connectivity index (χ2n) is 8.06. The van der Waals surface area contributed by atoms with Gasteiger partial charge in [-0.05, 0) is 26.3 Å². The Morgan fingerprint density at radius 2 is 1.78 bits per heavy atom. The summed E-state index contributed by atoms with van der Waals surface area (Å²) in [7, 11) is 1.34. The Morgan fingerprint density at radius 1 is 1.09 bits per heavy atom. The summed E-state index contributed by atoms with van der Waals surface area (Å²) in [5.74, 6) is 0.580. The number of nitrogens with one attached hydrogen (secondary N) is 1. The number of hydrogen-bond acceptors (Lipinski definition) is 7. The van der Waals surface area contributed by atoms with Crippen molar-refractivity contribution in [3.8, 4) is 11.4 Å². The van der Waals surface area contributed by atoms with Crippen LogP contribution in [0.5, 0.6) is 0 Å². The molecule has 0 aliphatic carbocycles. The number of hydrogen-bond donors (Lipinski definition) is 1. The summed E-state index contributed by atoms with van der Waals surface area (Å²) in [5, 5.41) is 4.09. The Kier molecular flexibility index (Phi) is 6.09. The Morgan fingerprint density at radius 3 is 2.44 bits per heavy atom. The van der Waals surface area contributed by atoms with E-state index in [0.29, 0.717) is 67.0 Å². The van der Waals surface area contributed by atoms with E-state index in [4.69, 9.17) is 9.26 Å². The second-order valence-corrected chi connectivity index (χ2v) is 8.06. The van der Waals surface area contributed by atoms with Crippen LogP contribution >= 0.6 is 0 Å². The maximum Gasteiger partial charge on any atom is 0.339 e. The molecule has 0 spiro atoms. The molecule has 0 radical (unpaired) electrons. The van der Waals surface area contributed by atoms with E-state index in [2.05, 4.69) is 20.0 Å². The zero-order valence-electron chi connectivity index (χ0n) is 18.8. The van der Waals surface area contributed by atoms with E-state index >= 15 is 0 Å². The average Bonchev–Trinajstić information content (AvgIpc) is 3.37. The van der Waals surface area contributed by atoms with Crippen molar-refractivity contribution in [1.82, 2.24) is 24.9 Å². The van der Waals surface area contributed by atoms with E-state index in [1.165, 1.54) is 12.7 Å². The maximum absolute atomic E-state index is 13.0. The number of esters is 1. The number of aromatic nitrogens is 3. The highest BCUT2D eigenvalue weighted by Gasteiger charge is 2.28. The number of piperazine rings is 1. The monoisotopic (exact) mass is 437 g/mol. The fourth-order valence-corrected chi connectivity index (χ4v) is 3.97. The third-order valence-corrected chi connectivity index (χ3v) is 5.84. The van der Waals surface area contributed by atoms with Crippen LogP contribution < -0.4 is 0 Å². The summed E-state index contributed by atoms with van der Waals surface area (Å²) in [4.78, 5) is 36.6. The van der Waals surface area contributed by atoms with Crippen LogP contribution in [0.1, 0.15) is 43.6 Å². The molecule has 1 amide bonds. The molecule has 3 heterocycles. The lowest BCUT2D eigenvalue weighted by molar-refractivity contribution is 0.0599. The van der Waals surface area contributed by atoms with Crippen LogP contribution in [0.4, 0.5) is 0 Å². The average molecular weight is 438 g/mol. The van der Waals surface area contributed by atoms with Gasteiger partial charge in [0.25, 0.3) is 5.91 Å². The van der Waals surface area contributed by atoms with Gasteiger partial charge in [0, 0.05) is 37.4 Å². The Bertz CT molecular complexity index is 1120. The molecule has 0 unspecified atom stereocenters. The zero-order valence-corrected chi connectivity index (χ0v) is 18.8. The van der Waals surface area contributed by atoms with Crippen LogP contribution in [0.25, 0.3) is 11.4 Å². The highest BCUT2D eigenvalue weighted by Crippen LogP contribution is 2.21. The molecule has 0 saturated carbocycles. The molecule has 9 nitrogen and oxygen atoms in total. The molecule has 1 saturated heterocycles. The fourth-order valence-electron chi connectivity index (χ4n) is 3.97. The van der Waals surface area contributed by atoms with Gasteiger partial charge in [0.2, 0.25) is 11.7 Å². The van der Waals surface area contributed by atoms with Gasteiger partial charge < -0.3 is 19.1 Å². The predicted octanol–water partition coefficient (Wildman–Crippen LogP) is 2.73. The second kappa shape index (κ2) is 8.96. The van der Waals surface area contributed by atoms with Crippen LogP contribution in [-0.4, -0.2) is 70.1 Å². The molecule has 1 N–H and O–H groups in total. The van der Waals surface area contributed by atoms with Gasteiger partial charge in [-0.15, -0.1) is 0 Å². The van der Waals surface area contributed by atoms with Crippen molar-refractivity contribution in [2.45, 2.75) is 27.3 Å². The summed E-state index contributed by atoms with van der Waals surface area (Å²) in [5.41, 5.74) is 4.22. The number of H-pyrrole nitrogens is 1. The SMILES string of the molecule is COC(=O)c1c(C)[nH]c(C(=O)N2CCN(Cc3nc(-c4ccc(C)cc4)no3)CC2)c1C. The number of amides is 1. The largest absolute Gasteiger partial charge is 0.465 e. The quantitative estimate of drug-likeness (QED) is 0.612. The van der Waals surface area contributed by atoms with E-state index in [9.17, 15) is 9.59 Å². The minimum atomic E-state index is -0.440. The number of rotatable bonds is 5. The molecule has 0 bridgehead atoms. The molecule has 4 rings (SSSR count). The number of carbonyl (C=O) groups is 2. The summed E-state index contributed by atoms with van der Waals surface area (Å²) < 4.78 is 10.3. The fraction of sp³-hybridized carbons (Fsp3) is 0.391. The standard InChI is InChI=1S/C23H27N5O4/c1-14-5-7-17(8-6-14)21-25-18(32-26-21)13-27-9-11-28(12-10-27)22(29)20-15(2)19(16(3)24-20)23(30)31-4/h5-8,24H,9-13H2,1-4H3. The molecular weight excluding hydrogens is 410 g/mol. The Balaban J connectivity index is 1.36. The number of ether oxygens (including phenoxy) is 1. The molecule has 168 valence electrons. The molecule has 0 atom stereocenters. The van der Waals surface area contributed by atoms with Crippen molar-refractivity contribution in [3.05, 3.63) is 58.2 Å². The van der Waals surface area contributed by atoms with Crippen molar-refractivity contribution < 1.29 is 18.8 Å². The van der Waals surface area contributed by atoms with Crippen LogP contribution in [-0.2, 0) is 11.3 Å². The minimum absolute atomic E-state index is 0.111. The van der Waals surface area contributed by atoms with E-state index in [-0.39, 0.29) is 5.91 Å². The third kappa shape index (κ3) is 4.29. The number of nitrogens with zero attached hydrogens (tertiary/aromatic N) is 4. The molecule has 1 aromatic carbocycles. The van der Waals surface area contributed by atoms with Crippen LogP contribution in [0.15, 0.2) is 28.8 Å². The van der Waals surface area contributed by atoms with Gasteiger partial charge in [-0.2, -0.15) is 4.98 Å². The highest BCUT2D eigenvalue weighted by atomic mass is 16.5. The third-order valence-electron chi connectivity index (χ3n) is 5.84. The van der Waals surface area contributed by atoms with Gasteiger partial charge in [0.15, 0.2) is 0 Å². The zero-order chi connectivity index (χ0) is 22.8. The van der Waals surface area contributed by atoms with Crippen LogP contribution in [0.2, 0.25) is 0 Å². The van der Waals surface area contributed by atoms with Gasteiger partial charge in [-0.3, -0.25) is 9.69 Å². The summed E-state index contributed by atoms with van der Waals surface area (Å²) in [6.07, 6.45) is 0. The number of aromatic amines is 1. The lowest BCUT2D eigenvalue weighted by Crippen LogP contribution is -2.48. The first-order valence-corrected chi connectivity index (χ1v) is 10.6. The number of benzene rings is 1. The van der Waals surface area contributed by atoms with Crippen molar-refractivity contribution in [1.29, 1.82) is 0 Å². The molecule has 3 aromatic rings. The maximum atomic E-state index is 13.0. The van der Waals surface area contributed by atoms with Crippen molar-refractivity contribution in [3.63, 3.8) is 0 Å². The number of aryl methyl sites for hydroxylation is 2. The molecule has 1 fully saturated rings. The van der Waals surface area contributed by atoms with Crippen molar-refractivity contribution >= 4 is 11.9 Å². The lowest BCUT2D eigenvalue weighted by atomic mass is 10.1. The van der Waals surface area contributed by atoms with Crippen LogP contribution in [0, 0.1) is 20.8 Å². The molecular formula is C23H27N5O4. The molecule has 32 heavy (non-hydrogen) atoms. The normalized spacial score (nSPS) is 14.6. The summed E-state index contributed by atoms with van der Waals surface area (Å²) in [6.45, 7) is 8.63. The van der Waals surface area contributed by atoms with Gasteiger partial charge in [-0.25, -0.2) is 4.79 Å². The van der Waals surface area contributed by atoms with E-state index in [1.807, 2.05) is 31.2 Å². The van der Waals surface area contributed by atoms with Gasteiger partial charge in [0.05, 0.1) is 19.2 Å². The van der Waals surface area contributed by atoms with E-state index < -0.39 is 5.97 Å². The highest BCUT2D eigenvalue weighted by molar-refractivity contribution is 6.00. The first-order valence-electron chi connectivity index (χ1n) is 10.6. The first kappa shape index (κ1) is 21.8. The van der Waals surface area contributed by atoms with Gasteiger partial charge >= 0.3 is 5.97 Å². The Labute approximate surface area is 186 Å². The predicted molar refractivity (Wildman–Crippen MR) is 117 cm³/mol. The first-order chi connectivity index (χ1) is 15.4. The van der Waals surface area contributed by atoms with E-state index in [1.54, 1.807) is 18.7 Å². The van der Waals surface area contributed by atoms with Crippen molar-refractivity contribution in [2.24, 2.45) is 0 Å². The van der Waals surface area contributed by atoms with E-state index in [0.717, 1.165) is 5.56 Å². The number of methoxy groups -OCH3 is 1. The topological polar surface area (TPSA) is 105 Å². The minimum Gasteiger partial charge on any atom is -0.465 e. The lowest BCUT2D eigenvalue weighted by Gasteiger charge is -2.33. The molecule has 1 aliphatic heterocycles. The molecule has 2 aromatic heterocycles.